The largest absolute Gasteiger partial charge is 0.365 e. The number of nitrogens with zero attached hydrogens (tertiary/aromatic N) is 2. The second kappa shape index (κ2) is 6.73. The number of aromatic nitrogens is 2. The Kier molecular flexibility index (Phi) is 4.46. The molecule has 3 nitrogen and oxygen atoms in total. The molecule has 0 amide bonds. The molecule has 0 fully saturated rings. The Hall–Kier alpha value is -1.59. The third-order valence-corrected chi connectivity index (χ3v) is 6.29. The van der Waals surface area contributed by atoms with E-state index in [1.165, 1.54) is 46.2 Å². The summed E-state index contributed by atoms with van der Waals surface area (Å²) in [5.74, 6) is 1.00. The number of nitrogens with one attached hydrogen (secondary N) is 1. The molecule has 1 aromatic carbocycles. The fraction of sp³-hybridized carbons (Fsp3) is 0.368. The van der Waals surface area contributed by atoms with Crippen molar-refractivity contribution in [2.75, 3.05) is 11.6 Å². The van der Waals surface area contributed by atoms with E-state index in [0.717, 1.165) is 28.8 Å². The Morgan fingerprint density at radius 3 is 2.71 bits per heavy atom. The van der Waals surface area contributed by atoms with E-state index in [9.17, 15) is 0 Å². The van der Waals surface area contributed by atoms with Gasteiger partial charge in [-0.25, -0.2) is 9.97 Å². The van der Waals surface area contributed by atoms with Gasteiger partial charge in [0.05, 0.1) is 5.39 Å². The molecule has 0 unspecified atom stereocenters. The van der Waals surface area contributed by atoms with Crippen molar-refractivity contribution in [2.45, 2.75) is 44.3 Å². The molecule has 0 radical (unpaired) electrons. The van der Waals surface area contributed by atoms with Crippen molar-refractivity contribution in [2.24, 2.45) is 0 Å². The molecular formula is C19H21N3S2. The van der Waals surface area contributed by atoms with Crippen LogP contribution in [-0.2, 0) is 19.4 Å². The maximum atomic E-state index is 4.78. The summed E-state index contributed by atoms with van der Waals surface area (Å²) in [7, 11) is 0. The van der Waals surface area contributed by atoms with Crippen LogP contribution in [0, 0.1) is 6.92 Å². The first-order chi connectivity index (χ1) is 11.7. The van der Waals surface area contributed by atoms with Crippen LogP contribution in [0.2, 0.25) is 0 Å². The van der Waals surface area contributed by atoms with Crippen molar-refractivity contribution in [1.82, 2.24) is 9.97 Å². The van der Waals surface area contributed by atoms with Gasteiger partial charge in [0.25, 0.3) is 0 Å². The third-order valence-electron chi connectivity index (χ3n) is 4.56. The summed E-state index contributed by atoms with van der Waals surface area (Å²) in [6, 6.07) is 8.68. The monoisotopic (exact) mass is 355 g/mol. The molecule has 0 saturated carbocycles. The topological polar surface area (TPSA) is 37.8 Å². The van der Waals surface area contributed by atoms with Crippen molar-refractivity contribution in [3.05, 3.63) is 45.8 Å². The van der Waals surface area contributed by atoms with Gasteiger partial charge in [-0.05, 0) is 50.0 Å². The van der Waals surface area contributed by atoms with Gasteiger partial charge < -0.3 is 5.32 Å². The predicted octanol–water partition coefficient (Wildman–Crippen LogP) is 5.21. The fourth-order valence-electron chi connectivity index (χ4n) is 3.25. The van der Waals surface area contributed by atoms with Crippen molar-refractivity contribution in [1.29, 1.82) is 0 Å². The van der Waals surface area contributed by atoms with Gasteiger partial charge in [0.1, 0.15) is 10.6 Å². The summed E-state index contributed by atoms with van der Waals surface area (Å²) in [6.45, 7) is 2.92. The third kappa shape index (κ3) is 3.03. The lowest BCUT2D eigenvalue weighted by Crippen LogP contribution is -2.05. The zero-order valence-corrected chi connectivity index (χ0v) is 15.7. The van der Waals surface area contributed by atoms with Crippen LogP contribution < -0.4 is 5.32 Å². The minimum atomic E-state index is 0.796. The van der Waals surface area contributed by atoms with Crippen LogP contribution in [0.1, 0.15) is 34.4 Å². The number of benzene rings is 1. The summed E-state index contributed by atoms with van der Waals surface area (Å²) in [5, 5.41) is 5.69. The molecule has 1 N–H and O–H groups in total. The van der Waals surface area contributed by atoms with E-state index >= 15 is 0 Å². The standard InChI is InChI=1S/C19H21N3S2/c1-12-7-9-13(10-8-12)11-20-17-16-14-5-3-4-6-15(14)24-18(16)22-19(21-17)23-2/h7-10H,3-6,11H2,1-2H3,(H,20,21,22). The van der Waals surface area contributed by atoms with Gasteiger partial charge in [0.15, 0.2) is 5.16 Å². The quantitative estimate of drug-likeness (QED) is 0.515. The molecule has 3 aromatic rings. The molecule has 4 rings (SSSR count). The summed E-state index contributed by atoms with van der Waals surface area (Å²) in [6.07, 6.45) is 6.98. The molecule has 1 aliphatic carbocycles. The van der Waals surface area contributed by atoms with E-state index in [1.807, 2.05) is 17.6 Å². The Labute approximate surface area is 150 Å². The highest BCUT2D eigenvalue weighted by Gasteiger charge is 2.21. The first-order valence-electron chi connectivity index (χ1n) is 8.40. The summed E-state index contributed by atoms with van der Waals surface area (Å²) in [4.78, 5) is 12.2. The van der Waals surface area contributed by atoms with Crippen LogP contribution in [0.4, 0.5) is 5.82 Å². The van der Waals surface area contributed by atoms with Gasteiger partial charge in [-0.1, -0.05) is 41.6 Å². The van der Waals surface area contributed by atoms with Crippen LogP contribution in [0.15, 0.2) is 29.4 Å². The first-order valence-corrected chi connectivity index (χ1v) is 10.4. The van der Waals surface area contributed by atoms with Gasteiger partial charge in [0, 0.05) is 11.4 Å². The van der Waals surface area contributed by atoms with E-state index in [2.05, 4.69) is 36.5 Å². The highest BCUT2D eigenvalue weighted by molar-refractivity contribution is 7.98. The van der Waals surface area contributed by atoms with E-state index in [4.69, 9.17) is 9.97 Å². The molecule has 2 aromatic heterocycles. The molecule has 1 aliphatic rings. The Balaban J connectivity index is 1.72. The molecule has 0 aliphatic heterocycles. The van der Waals surface area contributed by atoms with Crippen molar-refractivity contribution in [3.8, 4) is 0 Å². The highest BCUT2D eigenvalue weighted by atomic mass is 32.2. The Morgan fingerprint density at radius 2 is 1.92 bits per heavy atom. The van der Waals surface area contributed by atoms with Gasteiger partial charge in [-0.15, -0.1) is 11.3 Å². The lowest BCUT2D eigenvalue weighted by Gasteiger charge is -2.13. The summed E-state index contributed by atoms with van der Waals surface area (Å²) in [5.41, 5.74) is 4.06. The molecule has 0 bridgehead atoms. The maximum Gasteiger partial charge on any atom is 0.190 e. The number of thioether (sulfide) groups is 1. The highest BCUT2D eigenvalue weighted by Crippen LogP contribution is 2.39. The molecule has 0 saturated heterocycles. The predicted molar refractivity (Wildman–Crippen MR) is 104 cm³/mol. The van der Waals surface area contributed by atoms with E-state index in [-0.39, 0.29) is 0 Å². The van der Waals surface area contributed by atoms with Crippen LogP contribution >= 0.6 is 23.1 Å². The van der Waals surface area contributed by atoms with Crippen molar-refractivity contribution < 1.29 is 0 Å². The number of fused-ring (bicyclic) bond motifs is 3. The fourth-order valence-corrected chi connectivity index (χ4v) is 4.93. The minimum Gasteiger partial charge on any atom is -0.365 e. The van der Waals surface area contributed by atoms with Gasteiger partial charge in [-0.3, -0.25) is 0 Å². The smallest absolute Gasteiger partial charge is 0.190 e. The van der Waals surface area contributed by atoms with Crippen molar-refractivity contribution in [3.63, 3.8) is 0 Å². The number of aryl methyl sites for hydroxylation is 3. The average Bonchev–Trinajstić information content (AvgIpc) is 2.99. The lowest BCUT2D eigenvalue weighted by molar-refractivity contribution is 0.700. The van der Waals surface area contributed by atoms with Crippen LogP contribution in [-0.4, -0.2) is 16.2 Å². The zero-order chi connectivity index (χ0) is 16.5. The van der Waals surface area contributed by atoms with Gasteiger partial charge >= 0.3 is 0 Å². The number of anilines is 1. The van der Waals surface area contributed by atoms with Crippen LogP contribution in [0.5, 0.6) is 0 Å². The van der Waals surface area contributed by atoms with E-state index in [1.54, 1.807) is 11.8 Å². The molecule has 0 spiro atoms. The molecular weight excluding hydrogens is 334 g/mol. The molecule has 124 valence electrons. The van der Waals surface area contributed by atoms with Gasteiger partial charge in [-0.2, -0.15) is 0 Å². The first kappa shape index (κ1) is 15.9. The SMILES string of the molecule is CSc1nc(NCc2ccc(C)cc2)c2c3c(sc2n1)CCCC3. The molecule has 5 heteroatoms. The normalized spacial score (nSPS) is 13.9. The minimum absolute atomic E-state index is 0.796. The lowest BCUT2D eigenvalue weighted by atomic mass is 9.97. The van der Waals surface area contributed by atoms with Crippen LogP contribution in [0.25, 0.3) is 10.2 Å². The zero-order valence-electron chi connectivity index (χ0n) is 14.1. The summed E-state index contributed by atoms with van der Waals surface area (Å²) < 4.78 is 0. The summed E-state index contributed by atoms with van der Waals surface area (Å²) >= 11 is 3.47. The van der Waals surface area contributed by atoms with E-state index < -0.39 is 0 Å². The van der Waals surface area contributed by atoms with Gasteiger partial charge in [0.2, 0.25) is 0 Å². The Bertz CT molecular complexity index is 868. The maximum absolute atomic E-state index is 4.78. The second-order valence-corrected chi connectivity index (χ2v) is 8.15. The molecule has 2 heterocycles. The average molecular weight is 356 g/mol. The van der Waals surface area contributed by atoms with Crippen LogP contribution in [0.3, 0.4) is 0 Å². The number of hydrogen-bond acceptors (Lipinski definition) is 5. The molecule has 24 heavy (non-hydrogen) atoms. The molecule has 0 atom stereocenters. The number of rotatable bonds is 4. The number of thiophene rings is 1. The second-order valence-electron chi connectivity index (χ2n) is 6.29. The van der Waals surface area contributed by atoms with E-state index in [0.29, 0.717) is 0 Å². The Morgan fingerprint density at radius 1 is 1.12 bits per heavy atom. The van der Waals surface area contributed by atoms with Crippen molar-refractivity contribution >= 4 is 39.1 Å². The number of hydrogen-bond donors (Lipinski definition) is 1.